The van der Waals surface area contributed by atoms with Crippen molar-refractivity contribution in [2.45, 2.75) is 117 Å². The van der Waals surface area contributed by atoms with Gasteiger partial charge in [-0.15, -0.1) is 0 Å². The van der Waals surface area contributed by atoms with Crippen LogP contribution in [-0.4, -0.2) is 110 Å². The summed E-state index contributed by atoms with van der Waals surface area (Å²) < 4.78 is 1.58. The zero-order chi connectivity index (χ0) is 56.5. The Morgan fingerprint density at radius 2 is 1.29 bits per heavy atom. The number of hydrogen-bond acceptors (Lipinski definition) is 13. The highest BCUT2D eigenvalue weighted by Crippen LogP contribution is 2.24. The molecule has 21 heteroatoms. The molecule has 2 aliphatic rings. The summed E-state index contributed by atoms with van der Waals surface area (Å²) in [7, 11) is 0. The number of aliphatic carboxylic acids is 1. The summed E-state index contributed by atoms with van der Waals surface area (Å²) in [6.45, 7) is 10.6. The van der Waals surface area contributed by atoms with Crippen LogP contribution in [0.2, 0.25) is 0 Å². The Labute approximate surface area is 451 Å². The molecule has 2 aliphatic heterocycles. The number of carboxylic acids is 1. The number of nitrogens with zero attached hydrogens (tertiary/aromatic N) is 4. The van der Waals surface area contributed by atoms with E-state index in [4.69, 9.17) is 10.6 Å². The normalized spacial score (nSPS) is 13.4. The molecule has 21 nitrogen and oxygen atoms in total. The number of benzene rings is 4. The number of fused-ring (bicyclic) bond motifs is 2. The largest absolute Gasteiger partial charge is 0.480 e. The molecule has 0 spiro atoms. The molecule has 0 aromatic heterocycles. The molecule has 0 aliphatic carbocycles. The van der Waals surface area contributed by atoms with E-state index >= 15 is 0 Å². The van der Waals surface area contributed by atoms with Crippen LogP contribution in [0.25, 0.3) is 33.7 Å². The van der Waals surface area contributed by atoms with E-state index in [2.05, 4.69) is 46.7 Å². The number of oxime groups is 1. The van der Waals surface area contributed by atoms with Crippen LogP contribution >= 0.6 is 0 Å². The first-order chi connectivity index (χ1) is 37.3. The minimum atomic E-state index is -1.33. The maximum absolute atomic E-state index is 14.4. The van der Waals surface area contributed by atoms with Crippen molar-refractivity contribution in [3.8, 4) is 22.6 Å². The second-order valence-corrected chi connectivity index (χ2v) is 20.0. The molecule has 5 amide bonds. The van der Waals surface area contributed by atoms with E-state index in [-0.39, 0.29) is 49.7 Å². The fourth-order valence-corrected chi connectivity index (χ4v) is 8.75. The lowest BCUT2D eigenvalue weighted by atomic mass is 9.97. The van der Waals surface area contributed by atoms with E-state index in [9.17, 15) is 43.5 Å². The van der Waals surface area contributed by atoms with Gasteiger partial charge in [-0.05, 0) is 103 Å². The van der Waals surface area contributed by atoms with Gasteiger partial charge in [0.05, 0.1) is 23.8 Å². The third kappa shape index (κ3) is 16.5. The van der Waals surface area contributed by atoms with Gasteiger partial charge in [-0.3, -0.25) is 33.8 Å². The van der Waals surface area contributed by atoms with Crippen LogP contribution in [0.3, 0.4) is 0 Å². The molecule has 0 radical (unpaired) electrons. The number of nitrogens with one attached hydrogen (secondary N) is 6. The van der Waals surface area contributed by atoms with Crippen LogP contribution in [0, 0.1) is 25.7 Å². The first-order valence-corrected chi connectivity index (χ1v) is 26.0. The van der Waals surface area contributed by atoms with Crippen molar-refractivity contribution in [1.82, 2.24) is 46.1 Å². The number of carbonyl (C=O) groups is 6. The van der Waals surface area contributed by atoms with E-state index in [0.29, 0.717) is 41.5 Å². The van der Waals surface area contributed by atoms with E-state index in [1.165, 1.54) is 6.21 Å². The molecule has 0 unspecified atom stereocenters. The summed E-state index contributed by atoms with van der Waals surface area (Å²) >= 11 is 0. The number of unbranched alkanes of at least 4 members (excludes halogenated alkanes) is 1. The number of carbonyl (C=O) groups excluding carboxylic acids is 5. The second-order valence-electron chi connectivity index (χ2n) is 20.0. The molecular weight excluding hydrogens is 999 g/mol. The zero-order valence-electron chi connectivity index (χ0n) is 44.7. The summed E-state index contributed by atoms with van der Waals surface area (Å²) in [5.74, 6) is -5.42. The number of aryl methyl sites for hydroxylation is 2. The molecule has 0 saturated heterocycles. The van der Waals surface area contributed by atoms with Gasteiger partial charge in [0.15, 0.2) is 18.1 Å². The molecule has 0 fully saturated rings. The van der Waals surface area contributed by atoms with Crippen molar-refractivity contribution in [3.05, 3.63) is 140 Å². The van der Waals surface area contributed by atoms with Gasteiger partial charge in [-0.1, -0.05) is 118 Å². The standard InChI is InChI=1S/C57H69N11O10/c1-33(2)27-43(62-51(70)41(19-13-14-24-58)60-47(69)32-78-59-25-26-68-46-29-36(6)35(5)28-42(46)61-49-50(68)66-57(77)67-55(49)74)53(72)65-48(34(3)4)54(73)63-44(30-38-20-22-40(23-21-38)39-17-11-8-12-18-39)52(71)64-45(56(75)76)31-37-15-9-7-10-16-37/h7-12,15-18,20-23,25,28-29,33-34,41,43-45,48H,13-14,19,24,26-27,30-32,58H2,1-6H3,(H,60,69)(H,62,70)(H,63,73)(H,64,71)(H,65,72)(H,75,76)(H,67,74,77)/b59-25+/t41-,43-,44-,45-,48-/m1/s1. The Kier molecular flexibility index (Phi) is 21.0. The van der Waals surface area contributed by atoms with Crippen molar-refractivity contribution in [3.63, 3.8) is 0 Å². The maximum Gasteiger partial charge on any atom is 0.349 e. The lowest BCUT2D eigenvalue weighted by Gasteiger charge is -2.29. The van der Waals surface area contributed by atoms with Crippen LogP contribution < -0.4 is 43.6 Å². The molecule has 412 valence electrons. The first kappa shape index (κ1) is 58.7. The Morgan fingerprint density at radius 3 is 1.95 bits per heavy atom. The predicted octanol–water partition coefficient (Wildman–Crippen LogP) is 3.70. The van der Waals surface area contributed by atoms with E-state index in [0.717, 1.165) is 22.3 Å². The predicted molar refractivity (Wildman–Crippen MR) is 295 cm³/mol. The molecule has 9 N–H and O–H groups in total. The minimum Gasteiger partial charge on any atom is -0.480 e. The van der Waals surface area contributed by atoms with Crippen molar-refractivity contribution in [2.75, 3.05) is 13.2 Å². The summed E-state index contributed by atoms with van der Waals surface area (Å²) in [4.78, 5) is 123. The van der Waals surface area contributed by atoms with Crippen molar-refractivity contribution >= 4 is 52.8 Å². The third-order valence-corrected chi connectivity index (χ3v) is 13.1. The summed E-state index contributed by atoms with van der Waals surface area (Å²) in [6.07, 6.45) is 2.57. The van der Waals surface area contributed by atoms with Crippen molar-refractivity contribution < 1.29 is 38.7 Å². The first-order valence-electron chi connectivity index (χ1n) is 26.0. The van der Waals surface area contributed by atoms with Crippen LogP contribution in [0.4, 0.5) is 0 Å². The van der Waals surface area contributed by atoms with Gasteiger partial charge in [-0.25, -0.2) is 14.6 Å². The fraction of sp³-hybridized carbons (Fsp3) is 0.386. The number of aromatic amines is 1. The molecule has 2 heterocycles. The second kappa shape index (κ2) is 28.0. The highest BCUT2D eigenvalue weighted by Gasteiger charge is 2.34. The number of nitrogens with two attached hydrogens (primary N) is 1. The Bertz CT molecular complexity index is 3160. The number of aromatic nitrogens is 4. The molecule has 78 heavy (non-hydrogen) atoms. The van der Waals surface area contributed by atoms with Crippen LogP contribution in [0.1, 0.15) is 75.6 Å². The molecule has 4 aromatic carbocycles. The molecular formula is C57H69N11O10. The van der Waals surface area contributed by atoms with Gasteiger partial charge in [0.2, 0.25) is 23.6 Å². The van der Waals surface area contributed by atoms with Crippen molar-refractivity contribution in [1.29, 1.82) is 0 Å². The number of hydrogen-bond donors (Lipinski definition) is 8. The number of rotatable bonds is 27. The van der Waals surface area contributed by atoms with E-state index in [1.807, 2.05) is 94.4 Å². The van der Waals surface area contributed by atoms with Gasteiger partial charge >= 0.3 is 11.7 Å². The Morgan fingerprint density at radius 1 is 0.705 bits per heavy atom. The maximum atomic E-state index is 14.4. The van der Waals surface area contributed by atoms with Crippen molar-refractivity contribution in [2.24, 2.45) is 22.7 Å². The highest BCUT2D eigenvalue weighted by molar-refractivity contribution is 5.96. The average molecular weight is 1070 g/mol. The molecule has 5 atom stereocenters. The fourth-order valence-electron chi connectivity index (χ4n) is 8.75. The number of H-pyrrole nitrogens is 1. The van der Waals surface area contributed by atoms with Crippen LogP contribution in [0.5, 0.6) is 0 Å². The van der Waals surface area contributed by atoms with Crippen LogP contribution in [-0.2, 0) is 53.0 Å². The summed E-state index contributed by atoms with van der Waals surface area (Å²) in [5, 5.41) is 27.7. The topological polar surface area (TPSA) is 311 Å². The SMILES string of the molecule is Cc1cc2nc3c(=O)[nH]c(=O)nc-3n(C/C=N/OCC(=O)N[C@H](CCCCN)C(=O)N[C@H](CC(C)C)C(=O)N[C@@H](C(=O)N[C@H](Cc3ccc(-c4ccccc4)cc3)C(=O)N[C@H](Cc3ccccc3)C(=O)O)C(C)C)c2cc1C. The van der Waals surface area contributed by atoms with Crippen LogP contribution in [0.15, 0.2) is 112 Å². The smallest absolute Gasteiger partial charge is 0.349 e. The Balaban J connectivity index is 1.14. The monoisotopic (exact) mass is 1070 g/mol. The summed E-state index contributed by atoms with van der Waals surface area (Å²) in [6, 6.07) is 23.5. The average Bonchev–Trinajstić information content (AvgIpc) is 3.47. The number of carboxylic acid groups (broad SMARTS) is 1. The lowest BCUT2D eigenvalue weighted by molar-refractivity contribution is -0.142. The Hall–Kier alpha value is -8.59. The highest BCUT2D eigenvalue weighted by atomic mass is 16.6. The molecule has 4 aromatic rings. The van der Waals surface area contributed by atoms with Gasteiger partial charge in [-0.2, -0.15) is 4.98 Å². The number of amides is 5. The zero-order valence-corrected chi connectivity index (χ0v) is 44.7. The van der Waals surface area contributed by atoms with Gasteiger partial charge in [0, 0.05) is 12.8 Å². The van der Waals surface area contributed by atoms with Gasteiger partial charge in [0.25, 0.3) is 11.5 Å². The molecule has 6 rings (SSSR count). The molecule has 0 saturated carbocycles. The minimum absolute atomic E-state index is 0.0134. The lowest BCUT2D eigenvalue weighted by Crippen LogP contribution is -2.60. The molecule has 0 bridgehead atoms. The van der Waals surface area contributed by atoms with Gasteiger partial charge in [0.1, 0.15) is 30.2 Å². The third-order valence-electron chi connectivity index (χ3n) is 13.1. The van der Waals surface area contributed by atoms with E-state index in [1.54, 1.807) is 48.7 Å². The van der Waals surface area contributed by atoms with E-state index < -0.39 is 89.5 Å². The van der Waals surface area contributed by atoms with Gasteiger partial charge < -0.3 is 46.8 Å². The summed E-state index contributed by atoms with van der Waals surface area (Å²) in [5.41, 5.74) is 10.3. The quantitative estimate of drug-likeness (QED) is 0.0158.